The standard InChI is InChI=1S/C8H14N2O2.2C2H6.CH4S/c1-7(12)10-4-2-8(3-5-10)9-6-11;3*1-2/h6,8H,2-5H2,1H3,(H,9,11);2*1-2H3;2H,1H3. The molecule has 5 heteroatoms. The first-order chi connectivity index (χ1) is 8.74. The summed E-state index contributed by atoms with van der Waals surface area (Å²) in [5.74, 6) is 0.125. The molecule has 0 bridgehead atoms. The van der Waals surface area contributed by atoms with Crippen molar-refractivity contribution in [3.8, 4) is 0 Å². The molecule has 1 aliphatic rings. The topological polar surface area (TPSA) is 49.4 Å². The molecule has 0 atom stereocenters. The zero-order valence-corrected chi connectivity index (χ0v) is 13.6. The summed E-state index contributed by atoms with van der Waals surface area (Å²) in [6.45, 7) is 11.1. The lowest BCUT2D eigenvalue weighted by Crippen LogP contribution is -2.43. The molecular weight excluding hydrogens is 248 g/mol. The van der Waals surface area contributed by atoms with Gasteiger partial charge in [0.15, 0.2) is 0 Å². The zero-order valence-electron chi connectivity index (χ0n) is 12.7. The molecule has 1 saturated heterocycles. The average Bonchev–Trinajstić information content (AvgIpc) is 2.46. The van der Waals surface area contributed by atoms with Crippen molar-refractivity contribution in [3.63, 3.8) is 0 Å². The van der Waals surface area contributed by atoms with Gasteiger partial charge in [0, 0.05) is 26.1 Å². The van der Waals surface area contributed by atoms with Gasteiger partial charge in [-0.15, -0.1) is 0 Å². The number of hydrogen-bond donors (Lipinski definition) is 2. The van der Waals surface area contributed by atoms with E-state index < -0.39 is 0 Å². The highest BCUT2D eigenvalue weighted by atomic mass is 32.1. The van der Waals surface area contributed by atoms with Gasteiger partial charge in [-0.25, -0.2) is 0 Å². The van der Waals surface area contributed by atoms with E-state index in [1.807, 2.05) is 32.6 Å². The number of carbonyl (C=O) groups excluding carboxylic acids is 2. The fourth-order valence-corrected chi connectivity index (χ4v) is 1.46. The largest absolute Gasteiger partial charge is 0.356 e. The van der Waals surface area contributed by atoms with Gasteiger partial charge >= 0.3 is 0 Å². The van der Waals surface area contributed by atoms with Crippen LogP contribution in [-0.4, -0.2) is 42.6 Å². The lowest BCUT2D eigenvalue weighted by Gasteiger charge is -2.30. The van der Waals surface area contributed by atoms with E-state index in [1.54, 1.807) is 13.2 Å². The number of thiol groups is 1. The molecule has 1 N–H and O–H groups in total. The van der Waals surface area contributed by atoms with E-state index in [-0.39, 0.29) is 11.9 Å². The van der Waals surface area contributed by atoms with Crippen LogP contribution in [0.15, 0.2) is 0 Å². The van der Waals surface area contributed by atoms with Gasteiger partial charge in [-0.2, -0.15) is 12.6 Å². The van der Waals surface area contributed by atoms with Gasteiger partial charge in [0.25, 0.3) is 0 Å². The quantitative estimate of drug-likeness (QED) is 0.602. The number of nitrogens with one attached hydrogen (secondary N) is 1. The van der Waals surface area contributed by atoms with Crippen LogP contribution >= 0.6 is 12.6 Å². The van der Waals surface area contributed by atoms with E-state index in [0.29, 0.717) is 0 Å². The summed E-state index contributed by atoms with van der Waals surface area (Å²) in [5.41, 5.74) is 0. The van der Waals surface area contributed by atoms with Crippen molar-refractivity contribution in [2.45, 2.75) is 53.5 Å². The first-order valence-corrected chi connectivity index (χ1v) is 7.53. The highest BCUT2D eigenvalue weighted by Crippen LogP contribution is 2.09. The van der Waals surface area contributed by atoms with Gasteiger partial charge in [-0.1, -0.05) is 27.7 Å². The normalized spacial score (nSPS) is 13.6. The predicted octanol–water partition coefficient (Wildman–Crippen LogP) is 2.34. The summed E-state index contributed by atoms with van der Waals surface area (Å²) in [4.78, 5) is 22.8. The minimum atomic E-state index is 0.125. The van der Waals surface area contributed by atoms with Crippen LogP contribution in [0.4, 0.5) is 0 Å². The molecular formula is C13H30N2O2S. The smallest absolute Gasteiger partial charge is 0.219 e. The molecule has 110 valence electrons. The maximum atomic E-state index is 10.9. The van der Waals surface area contributed by atoms with Crippen molar-refractivity contribution < 1.29 is 9.59 Å². The van der Waals surface area contributed by atoms with Crippen LogP contribution in [0, 0.1) is 0 Å². The molecule has 0 radical (unpaired) electrons. The summed E-state index contributed by atoms with van der Waals surface area (Å²) in [6.07, 6.45) is 4.17. The second-order valence-corrected chi connectivity index (χ2v) is 3.06. The number of rotatable bonds is 2. The third kappa shape index (κ3) is 11.8. The zero-order chi connectivity index (χ0) is 15.0. The SMILES string of the molecule is CC.CC.CC(=O)N1CCC(NC=O)CC1.CS. The highest BCUT2D eigenvalue weighted by Gasteiger charge is 2.19. The number of likely N-dealkylation sites (tertiary alicyclic amines) is 1. The van der Waals surface area contributed by atoms with Crippen molar-refractivity contribution >= 4 is 24.9 Å². The van der Waals surface area contributed by atoms with E-state index >= 15 is 0 Å². The number of hydrogen-bond acceptors (Lipinski definition) is 3. The fourth-order valence-electron chi connectivity index (χ4n) is 1.46. The van der Waals surface area contributed by atoms with Crippen molar-refractivity contribution in [1.29, 1.82) is 0 Å². The Hall–Kier alpha value is -0.710. The third-order valence-corrected chi connectivity index (χ3v) is 2.24. The molecule has 0 aromatic heterocycles. The van der Waals surface area contributed by atoms with E-state index in [1.165, 1.54) is 0 Å². The maximum absolute atomic E-state index is 10.9. The molecule has 0 spiro atoms. The minimum Gasteiger partial charge on any atom is -0.356 e. The van der Waals surface area contributed by atoms with E-state index in [0.717, 1.165) is 32.3 Å². The molecule has 0 saturated carbocycles. The van der Waals surface area contributed by atoms with Crippen molar-refractivity contribution in [1.82, 2.24) is 10.2 Å². The molecule has 0 aromatic carbocycles. The van der Waals surface area contributed by atoms with Crippen molar-refractivity contribution in [3.05, 3.63) is 0 Å². The van der Waals surface area contributed by atoms with Crippen LogP contribution in [0.3, 0.4) is 0 Å². The van der Waals surface area contributed by atoms with Crippen molar-refractivity contribution in [2.24, 2.45) is 0 Å². The molecule has 2 amide bonds. The molecule has 1 rings (SSSR count). The first kappa shape index (κ1) is 22.5. The molecule has 4 nitrogen and oxygen atoms in total. The lowest BCUT2D eigenvalue weighted by molar-refractivity contribution is -0.129. The Morgan fingerprint density at radius 3 is 1.83 bits per heavy atom. The van der Waals surface area contributed by atoms with Crippen molar-refractivity contribution in [2.75, 3.05) is 19.3 Å². The van der Waals surface area contributed by atoms with Gasteiger partial charge in [-0.05, 0) is 19.1 Å². The van der Waals surface area contributed by atoms with Crippen LogP contribution in [-0.2, 0) is 9.59 Å². The summed E-state index contributed by atoms with van der Waals surface area (Å²) in [7, 11) is 0. The Kier molecular flexibility index (Phi) is 23.3. The van der Waals surface area contributed by atoms with Gasteiger partial charge in [0.1, 0.15) is 0 Å². The first-order valence-electron chi connectivity index (χ1n) is 6.64. The van der Waals surface area contributed by atoms with Gasteiger partial charge in [0.2, 0.25) is 12.3 Å². The lowest BCUT2D eigenvalue weighted by atomic mass is 10.1. The number of nitrogens with zero attached hydrogens (tertiary/aromatic N) is 1. The monoisotopic (exact) mass is 278 g/mol. The third-order valence-electron chi connectivity index (χ3n) is 2.24. The number of amides is 2. The van der Waals surface area contributed by atoms with E-state index in [2.05, 4.69) is 17.9 Å². The Morgan fingerprint density at radius 1 is 1.17 bits per heavy atom. The maximum Gasteiger partial charge on any atom is 0.219 e. The van der Waals surface area contributed by atoms with Crippen LogP contribution in [0.1, 0.15) is 47.5 Å². The van der Waals surface area contributed by atoms with Crippen LogP contribution in [0.5, 0.6) is 0 Å². The van der Waals surface area contributed by atoms with E-state index in [4.69, 9.17) is 0 Å². The molecule has 18 heavy (non-hydrogen) atoms. The Labute approximate surface area is 118 Å². The Balaban J connectivity index is -0.000000328. The molecule has 0 unspecified atom stereocenters. The second kappa shape index (κ2) is 18.6. The Morgan fingerprint density at radius 2 is 1.56 bits per heavy atom. The second-order valence-electron chi connectivity index (χ2n) is 3.06. The van der Waals surface area contributed by atoms with Crippen LogP contribution < -0.4 is 5.32 Å². The molecule has 1 aliphatic heterocycles. The molecule has 0 aliphatic carbocycles. The summed E-state index contributed by atoms with van der Waals surface area (Å²) >= 11 is 3.53. The van der Waals surface area contributed by atoms with E-state index in [9.17, 15) is 9.59 Å². The fraction of sp³-hybridized carbons (Fsp3) is 0.846. The summed E-state index contributed by atoms with van der Waals surface area (Å²) < 4.78 is 0. The molecule has 1 heterocycles. The van der Waals surface area contributed by atoms with Gasteiger partial charge in [0.05, 0.1) is 0 Å². The van der Waals surface area contributed by atoms with Gasteiger partial charge < -0.3 is 10.2 Å². The summed E-state index contributed by atoms with van der Waals surface area (Å²) in [5, 5.41) is 2.73. The predicted molar refractivity (Wildman–Crippen MR) is 82.1 cm³/mol. The Bertz CT molecular complexity index is 182. The van der Waals surface area contributed by atoms with Gasteiger partial charge in [-0.3, -0.25) is 9.59 Å². The highest BCUT2D eigenvalue weighted by molar-refractivity contribution is 7.79. The molecule has 1 fully saturated rings. The number of carbonyl (C=O) groups is 2. The number of piperidine rings is 1. The van der Waals surface area contributed by atoms with Crippen LogP contribution in [0.25, 0.3) is 0 Å². The molecule has 0 aromatic rings. The van der Waals surface area contributed by atoms with Crippen LogP contribution in [0.2, 0.25) is 0 Å². The minimum absolute atomic E-state index is 0.125. The average molecular weight is 278 g/mol. The summed E-state index contributed by atoms with van der Waals surface area (Å²) in [6, 6.07) is 0.262.